The maximum atomic E-state index is 10.9. The van der Waals surface area contributed by atoms with Crippen molar-refractivity contribution in [3.63, 3.8) is 0 Å². The molecule has 1 aliphatic rings. The number of nitrogens with two attached hydrogens (primary N) is 1. The molecule has 0 spiro atoms. The second kappa shape index (κ2) is 4.37. The van der Waals surface area contributed by atoms with Crippen LogP contribution in [0.2, 0.25) is 0 Å². The molecule has 1 heterocycles. The summed E-state index contributed by atoms with van der Waals surface area (Å²) in [4.78, 5) is 2.21. The van der Waals surface area contributed by atoms with E-state index in [1.807, 2.05) is 0 Å². The van der Waals surface area contributed by atoms with Gasteiger partial charge in [0.2, 0.25) is 10.0 Å². The number of rotatable bonds is 2. The number of nitrogens with zero attached hydrogens (tertiary/aromatic N) is 1. The van der Waals surface area contributed by atoms with Gasteiger partial charge in [-0.3, -0.25) is 4.90 Å². The summed E-state index contributed by atoms with van der Waals surface area (Å²) in [5.74, 6) is -0.0976. The van der Waals surface area contributed by atoms with E-state index in [0.29, 0.717) is 13.2 Å². The zero-order valence-electron chi connectivity index (χ0n) is 9.56. The summed E-state index contributed by atoms with van der Waals surface area (Å²) in [5.41, 5.74) is 0.0421. The molecule has 6 heteroatoms. The Bertz CT molecular complexity index is 308. The average molecular weight is 236 g/mol. The molecule has 1 fully saturated rings. The topological polar surface area (TPSA) is 72.6 Å². The van der Waals surface area contributed by atoms with Crippen LogP contribution in [0.1, 0.15) is 20.8 Å². The monoisotopic (exact) mass is 236 g/mol. The van der Waals surface area contributed by atoms with Gasteiger partial charge < -0.3 is 4.74 Å². The van der Waals surface area contributed by atoms with Crippen molar-refractivity contribution < 1.29 is 13.2 Å². The fourth-order valence-electron chi connectivity index (χ4n) is 1.69. The third-order valence-electron chi connectivity index (χ3n) is 2.51. The molecule has 1 aliphatic heterocycles. The minimum Gasteiger partial charge on any atom is -0.374 e. The van der Waals surface area contributed by atoms with Gasteiger partial charge in [-0.2, -0.15) is 0 Å². The number of sulfonamides is 1. The molecule has 90 valence electrons. The van der Waals surface area contributed by atoms with Crippen molar-refractivity contribution >= 4 is 10.0 Å². The van der Waals surface area contributed by atoms with E-state index >= 15 is 0 Å². The van der Waals surface area contributed by atoms with Gasteiger partial charge in [0.15, 0.2) is 0 Å². The van der Waals surface area contributed by atoms with E-state index in [4.69, 9.17) is 9.88 Å². The molecule has 5 nitrogen and oxygen atoms in total. The maximum Gasteiger partial charge on any atom is 0.211 e. The second-order valence-corrected chi connectivity index (χ2v) is 6.60. The van der Waals surface area contributed by atoms with Crippen LogP contribution in [0.15, 0.2) is 0 Å². The number of morpholine rings is 1. The third kappa shape index (κ3) is 4.46. The number of hydrogen-bond donors (Lipinski definition) is 1. The van der Waals surface area contributed by atoms with Gasteiger partial charge in [0, 0.05) is 18.6 Å². The van der Waals surface area contributed by atoms with E-state index in [0.717, 1.165) is 6.54 Å². The Hall–Kier alpha value is -0.170. The van der Waals surface area contributed by atoms with Crippen LogP contribution in [0.5, 0.6) is 0 Å². The summed E-state index contributed by atoms with van der Waals surface area (Å²) >= 11 is 0. The first-order valence-corrected chi connectivity index (χ1v) is 6.77. The van der Waals surface area contributed by atoms with Crippen LogP contribution in [-0.2, 0) is 14.8 Å². The van der Waals surface area contributed by atoms with Crippen LogP contribution in [0.3, 0.4) is 0 Å². The van der Waals surface area contributed by atoms with Crippen molar-refractivity contribution in [2.24, 2.45) is 5.14 Å². The minimum absolute atomic E-state index is 0.0421. The van der Waals surface area contributed by atoms with Gasteiger partial charge in [-0.05, 0) is 20.8 Å². The Morgan fingerprint density at radius 3 is 2.53 bits per heavy atom. The first-order valence-electron chi connectivity index (χ1n) is 5.05. The van der Waals surface area contributed by atoms with Gasteiger partial charge in [0.1, 0.15) is 0 Å². The van der Waals surface area contributed by atoms with Crippen LogP contribution >= 0.6 is 0 Å². The highest BCUT2D eigenvalue weighted by molar-refractivity contribution is 7.89. The van der Waals surface area contributed by atoms with Crippen LogP contribution in [0, 0.1) is 0 Å². The first-order chi connectivity index (χ1) is 6.68. The predicted octanol–water partition coefficient (Wildman–Crippen LogP) is -0.226. The molecule has 0 aliphatic carbocycles. The van der Waals surface area contributed by atoms with Crippen LogP contribution in [0.4, 0.5) is 0 Å². The standard InChI is InChI=1S/C9H20N2O3S/c1-9(2,3)11-4-5-14-8(6-11)7-15(10,12)13/h8H,4-7H2,1-3H3,(H2,10,12,13). The maximum absolute atomic E-state index is 10.9. The summed E-state index contributed by atoms with van der Waals surface area (Å²) in [7, 11) is -3.44. The lowest BCUT2D eigenvalue weighted by Crippen LogP contribution is -2.53. The van der Waals surface area contributed by atoms with Gasteiger partial charge in [-0.15, -0.1) is 0 Å². The fourth-order valence-corrected chi connectivity index (χ4v) is 2.41. The Morgan fingerprint density at radius 1 is 1.47 bits per heavy atom. The lowest BCUT2D eigenvalue weighted by molar-refractivity contribution is -0.0479. The highest BCUT2D eigenvalue weighted by Gasteiger charge is 2.30. The highest BCUT2D eigenvalue weighted by Crippen LogP contribution is 2.17. The van der Waals surface area contributed by atoms with Crippen molar-refractivity contribution in [3.8, 4) is 0 Å². The summed E-state index contributed by atoms with van der Waals surface area (Å²) in [6.45, 7) is 8.34. The van der Waals surface area contributed by atoms with E-state index in [-0.39, 0.29) is 17.4 Å². The third-order valence-corrected chi connectivity index (χ3v) is 3.34. The summed E-state index contributed by atoms with van der Waals surface area (Å²) in [5, 5.41) is 4.99. The molecule has 2 N–H and O–H groups in total. The van der Waals surface area contributed by atoms with E-state index in [1.54, 1.807) is 0 Å². The second-order valence-electron chi connectivity index (χ2n) is 4.94. The highest BCUT2D eigenvalue weighted by atomic mass is 32.2. The first kappa shape index (κ1) is 12.9. The van der Waals surface area contributed by atoms with Gasteiger partial charge in [-0.1, -0.05) is 0 Å². The molecule has 1 unspecified atom stereocenters. The van der Waals surface area contributed by atoms with Crippen LogP contribution in [-0.4, -0.2) is 50.4 Å². The fraction of sp³-hybridized carbons (Fsp3) is 1.00. The van der Waals surface area contributed by atoms with E-state index < -0.39 is 10.0 Å². The molecular weight excluding hydrogens is 216 g/mol. The number of hydrogen-bond acceptors (Lipinski definition) is 4. The van der Waals surface area contributed by atoms with Crippen molar-refractivity contribution in [2.75, 3.05) is 25.4 Å². The molecular formula is C9H20N2O3S. The lowest BCUT2D eigenvalue weighted by Gasteiger charge is -2.41. The Balaban J connectivity index is 2.57. The molecule has 1 saturated heterocycles. The Morgan fingerprint density at radius 2 is 2.07 bits per heavy atom. The molecule has 0 saturated carbocycles. The van der Waals surface area contributed by atoms with Gasteiger partial charge in [0.25, 0.3) is 0 Å². The lowest BCUT2D eigenvalue weighted by atomic mass is 10.0. The average Bonchev–Trinajstić information content (AvgIpc) is 1.99. The number of primary sulfonamides is 1. The Kier molecular flexibility index (Phi) is 3.76. The molecule has 0 aromatic rings. The van der Waals surface area contributed by atoms with Gasteiger partial charge >= 0.3 is 0 Å². The van der Waals surface area contributed by atoms with Crippen molar-refractivity contribution in [1.29, 1.82) is 0 Å². The van der Waals surface area contributed by atoms with Crippen LogP contribution < -0.4 is 5.14 Å². The van der Waals surface area contributed by atoms with Crippen molar-refractivity contribution in [3.05, 3.63) is 0 Å². The molecule has 1 atom stereocenters. The molecule has 0 bridgehead atoms. The summed E-state index contributed by atoms with van der Waals surface area (Å²) in [6.07, 6.45) is -0.298. The summed E-state index contributed by atoms with van der Waals surface area (Å²) < 4.78 is 27.2. The smallest absolute Gasteiger partial charge is 0.211 e. The molecule has 0 amide bonds. The largest absolute Gasteiger partial charge is 0.374 e. The Labute approximate surface area is 91.6 Å². The van der Waals surface area contributed by atoms with E-state index in [9.17, 15) is 8.42 Å². The molecule has 0 aromatic carbocycles. The van der Waals surface area contributed by atoms with Gasteiger partial charge in [-0.25, -0.2) is 13.6 Å². The quantitative estimate of drug-likeness (QED) is 0.719. The molecule has 0 radical (unpaired) electrons. The zero-order chi connectivity index (χ0) is 11.7. The molecule has 1 rings (SSSR count). The predicted molar refractivity (Wildman–Crippen MR) is 59.0 cm³/mol. The van der Waals surface area contributed by atoms with E-state index in [2.05, 4.69) is 25.7 Å². The van der Waals surface area contributed by atoms with Crippen molar-refractivity contribution in [1.82, 2.24) is 4.90 Å². The zero-order valence-corrected chi connectivity index (χ0v) is 10.4. The number of ether oxygens (including phenoxy) is 1. The SMILES string of the molecule is CC(C)(C)N1CCOC(CS(N)(=O)=O)C1. The van der Waals surface area contributed by atoms with Gasteiger partial charge in [0.05, 0.1) is 18.5 Å². The van der Waals surface area contributed by atoms with Crippen molar-refractivity contribution in [2.45, 2.75) is 32.4 Å². The molecule has 15 heavy (non-hydrogen) atoms. The summed E-state index contributed by atoms with van der Waals surface area (Å²) in [6, 6.07) is 0. The van der Waals surface area contributed by atoms with E-state index in [1.165, 1.54) is 0 Å². The minimum atomic E-state index is -3.44. The normalized spacial score (nSPS) is 25.5. The van der Waals surface area contributed by atoms with Crippen LogP contribution in [0.25, 0.3) is 0 Å². The molecule has 0 aromatic heterocycles.